The number of likely N-dealkylation sites (tertiary alicyclic amines) is 1. The highest BCUT2D eigenvalue weighted by Crippen LogP contribution is 2.11. The molecule has 0 radical (unpaired) electrons. The van der Waals surface area contributed by atoms with Crippen LogP contribution in [0.2, 0.25) is 0 Å². The number of hydrogen-bond donors (Lipinski definition) is 2. The van der Waals surface area contributed by atoms with Crippen LogP contribution in [0.4, 0.5) is 0 Å². The highest BCUT2D eigenvalue weighted by Gasteiger charge is 2.15. The van der Waals surface area contributed by atoms with Crippen molar-refractivity contribution in [3.8, 4) is 0 Å². The normalized spacial score (nSPS) is 15.5. The maximum Gasteiger partial charge on any atom is 0.222 e. The lowest BCUT2D eigenvalue weighted by atomic mass is 10.2. The zero-order valence-corrected chi connectivity index (χ0v) is 17.6. The molecular formula is C18H32IN5O. The smallest absolute Gasteiger partial charge is 0.222 e. The number of nitrogens with one attached hydrogen (secondary N) is 2. The van der Waals surface area contributed by atoms with E-state index in [1.165, 1.54) is 6.42 Å². The Kier molecular flexibility index (Phi) is 11.3. The van der Waals surface area contributed by atoms with Gasteiger partial charge in [-0.2, -0.15) is 0 Å². The van der Waals surface area contributed by atoms with Crippen molar-refractivity contribution < 1.29 is 4.79 Å². The molecule has 0 bridgehead atoms. The monoisotopic (exact) mass is 461 g/mol. The number of aliphatic imine (C=N–C) groups is 1. The van der Waals surface area contributed by atoms with E-state index in [0.29, 0.717) is 12.3 Å². The first-order chi connectivity index (χ1) is 11.8. The van der Waals surface area contributed by atoms with Gasteiger partial charge in [-0.25, -0.2) is 0 Å². The third kappa shape index (κ3) is 8.60. The molecule has 0 unspecified atom stereocenters. The summed E-state index contributed by atoms with van der Waals surface area (Å²) < 4.78 is 2.14. The first-order valence-corrected chi connectivity index (χ1v) is 9.20. The van der Waals surface area contributed by atoms with Crippen LogP contribution in [0.3, 0.4) is 0 Å². The Morgan fingerprint density at radius 1 is 1.16 bits per heavy atom. The molecule has 0 aromatic carbocycles. The van der Waals surface area contributed by atoms with Gasteiger partial charge in [-0.05, 0) is 38.3 Å². The van der Waals surface area contributed by atoms with Crippen LogP contribution in [0.15, 0.2) is 29.5 Å². The van der Waals surface area contributed by atoms with Gasteiger partial charge in [0.2, 0.25) is 5.91 Å². The van der Waals surface area contributed by atoms with Gasteiger partial charge in [-0.1, -0.05) is 6.42 Å². The summed E-state index contributed by atoms with van der Waals surface area (Å²) >= 11 is 0. The molecule has 7 heteroatoms. The third-order valence-corrected chi connectivity index (χ3v) is 4.20. The number of halogens is 1. The highest BCUT2D eigenvalue weighted by atomic mass is 127. The summed E-state index contributed by atoms with van der Waals surface area (Å²) in [5.41, 5.74) is 0. The van der Waals surface area contributed by atoms with Gasteiger partial charge in [-0.15, -0.1) is 24.0 Å². The van der Waals surface area contributed by atoms with E-state index in [4.69, 9.17) is 0 Å². The van der Waals surface area contributed by atoms with Crippen LogP contribution < -0.4 is 10.6 Å². The quantitative estimate of drug-likeness (QED) is 0.271. The molecule has 1 amide bonds. The number of carbonyl (C=O) groups excluding carboxylic acids is 1. The summed E-state index contributed by atoms with van der Waals surface area (Å²) in [5, 5.41) is 6.62. The Bertz CT molecular complexity index is 504. The molecule has 25 heavy (non-hydrogen) atoms. The maximum absolute atomic E-state index is 12.0. The fraction of sp³-hybridized carbons (Fsp3) is 0.667. The molecule has 0 spiro atoms. The van der Waals surface area contributed by atoms with Gasteiger partial charge in [0.05, 0.1) is 0 Å². The Labute approximate surface area is 168 Å². The van der Waals surface area contributed by atoms with E-state index in [2.05, 4.69) is 39.5 Å². The first kappa shape index (κ1) is 21.8. The number of amides is 1. The van der Waals surface area contributed by atoms with Crippen LogP contribution in [-0.4, -0.2) is 54.1 Å². The number of aromatic nitrogens is 1. The van der Waals surface area contributed by atoms with Crippen molar-refractivity contribution in [2.24, 2.45) is 4.99 Å². The van der Waals surface area contributed by atoms with Crippen molar-refractivity contribution in [2.75, 3.05) is 32.7 Å². The lowest BCUT2D eigenvalue weighted by Gasteiger charge is -2.20. The number of carbonyl (C=O) groups is 1. The van der Waals surface area contributed by atoms with Crippen molar-refractivity contribution >= 4 is 35.8 Å². The molecule has 0 aliphatic carbocycles. The Morgan fingerprint density at radius 3 is 2.72 bits per heavy atom. The molecular weight excluding hydrogens is 429 g/mol. The van der Waals surface area contributed by atoms with Crippen LogP contribution in [0, 0.1) is 0 Å². The second kappa shape index (κ2) is 13.0. The minimum absolute atomic E-state index is 0. The molecule has 2 heterocycles. The average Bonchev–Trinajstić information content (AvgIpc) is 3.01. The zero-order valence-electron chi connectivity index (χ0n) is 15.2. The summed E-state index contributed by atoms with van der Waals surface area (Å²) in [6, 6.07) is 4.06. The lowest BCUT2D eigenvalue weighted by Crippen LogP contribution is -2.39. The zero-order chi connectivity index (χ0) is 17.0. The van der Waals surface area contributed by atoms with Gasteiger partial charge in [0.1, 0.15) is 0 Å². The molecule has 1 fully saturated rings. The van der Waals surface area contributed by atoms with Crippen LogP contribution in [-0.2, 0) is 11.3 Å². The minimum atomic E-state index is 0. The van der Waals surface area contributed by atoms with E-state index in [1.54, 1.807) is 0 Å². The fourth-order valence-electron chi connectivity index (χ4n) is 2.89. The molecule has 6 nitrogen and oxygen atoms in total. The van der Waals surface area contributed by atoms with Gasteiger partial charge >= 0.3 is 0 Å². The molecule has 2 rings (SSSR count). The molecule has 1 aliphatic heterocycles. The van der Waals surface area contributed by atoms with Crippen molar-refractivity contribution in [3.63, 3.8) is 0 Å². The fourth-order valence-corrected chi connectivity index (χ4v) is 2.89. The average molecular weight is 461 g/mol. The summed E-state index contributed by atoms with van der Waals surface area (Å²) in [6.45, 7) is 7.15. The predicted octanol–water partition coefficient (Wildman–Crippen LogP) is 2.45. The molecule has 1 aliphatic rings. The molecule has 1 aromatic rings. The molecule has 1 aromatic heterocycles. The Morgan fingerprint density at radius 2 is 1.96 bits per heavy atom. The molecule has 142 valence electrons. The number of guanidine groups is 1. The first-order valence-electron chi connectivity index (χ1n) is 9.20. The van der Waals surface area contributed by atoms with Crippen LogP contribution in [0.5, 0.6) is 0 Å². The largest absolute Gasteiger partial charge is 0.357 e. The SMILES string of the molecule is CCNC(=NCCCN1CCCCCC1=O)NCCn1cccc1.I. The summed E-state index contributed by atoms with van der Waals surface area (Å²) in [5.74, 6) is 1.17. The van der Waals surface area contributed by atoms with Crippen LogP contribution in [0.1, 0.15) is 39.0 Å². The van der Waals surface area contributed by atoms with Gasteiger partial charge < -0.3 is 20.1 Å². The maximum atomic E-state index is 12.0. The van der Waals surface area contributed by atoms with Crippen molar-refractivity contribution in [3.05, 3.63) is 24.5 Å². The number of nitrogens with zero attached hydrogens (tertiary/aromatic N) is 3. The van der Waals surface area contributed by atoms with E-state index < -0.39 is 0 Å². The van der Waals surface area contributed by atoms with Crippen LogP contribution >= 0.6 is 24.0 Å². The summed E-state index contributed by atoms with van der Waals surface area (Å²) in [6.07, 6.45) is 9.11. The van der Waals surface area contributed by atoms with Crippen LogP contribution in [0.25, 0.3) is 0 Å². The van der Waals surface area contributed by atoms with E-state index in [9.17, 15) is 4.79 Å². The van der Waals surface area contributed by atoms with E-state index >= 15 is 0 Å². The summed E-state index contributed by atoms with van der Waals surface area (Å²) in [4.78, 5) is 18.6. The third-order valence-electron chi connectivity index (χ3n) is 4.20. The lowest BCUT2D eigenvalue weighted by molar-refractivity contribution is -0.130. The van der Waals surface area contributed by atoms with E-state index in [-0.39, 0.29) is 24.0 Å². The molecule has 0 saturated carbocycles. The van der Waals surface area contributed by atoms with Crippen molar-refractivity contribution in [2.45, 2.75) is 45.6 Å². The molecule has 1 saturated heterocycles. The Hall–Kier alpha value is -1.25. The van der Waals surface area contributed by atoms with Gasteiger partial charge in [0.15, 0.2) is 5.96 Å². The van der Waals surface area contributed by atoms with Gasteiger partial charge in [0.25, 0.3) is 0 Å². The summed E-state index contributed by atoms with van der Waals surface area (Å²) in [7, 11) is 0. The highest BCUT2D eigenvalue weighted by molar-refractivity contribution is 14.0. The molecule has 0 atom stereocenters. The van der Waals surface area contributed by atoms with Crippen molar-refractivity contribution in [1.82, 2.24) is 20.1 Å². The van der Waals surface area contributed by atoms with E-state index in [1.807, 2.05) is 17.0 Å². The second-order valence-corrected chi connectivity index (χ2v) is 6.15. The van der Waals surface area contributed by atoms with E-state index in [0.717, 1.165) is 64.5 Å². The standard InChI is InChI=1S/C18H31N5O.HI/c1-2-19-18(21-11-16-22-12-6-7-13-22)20-10-8-15-23-14-5-3-4-9-17(23)24;/h6-7,12-13H,2-5,8-11,14-16H2,1H3,(H2,19,20,21);1H. The Balaban J connectivity index is 0.00000312. The topological polar surface area (TPSA) is 61.7 Å². The molecule has 2 N–H and O–H groups in total. The van der Waals surface area contributed by atoms with Gasteiger partial charge in [0, 0.05) is 58.1 Å². The minimum Gasteiger partial charge on any atom is -0.357 e. The van der Waals surface area contributed by atoms with Crippen molar-refractivity contribution in [1.29, 1.82) is 0 Å². The predicted molar refractivity (Wildman–Crippen MR) is 113 cm³/mol. The number of rotatable bonds is 8. The van der Waals surface area contributed by atoms with Gasteiger partial charge in [-0.3, -0.25) is 9.79 Å². The number of hydrogen-bond acceptors (Lipinski definition) is 2. The second-order valence-electron chi connectivity index (χ2n) is 6.15.